The number of rotatable bonds is 6. The minimum atomic E-state index is -0.417. The molecule has 0 unspecified atom stereocenters. The zero-order chi connectivity index (χ0) is 16.1. The van der Waals surface area contributed by atoms with Crippen molar-refractivity contribution in [2.75, 3.05) is 56.2 Å². The molecule has 8 heteroatoms. The van der Waals surface area contributed by atoms with Gasteiger partial charge in [-0.1, -0.05) is 0 Å². The van der Waals surface area contributed by atoms with Crippen LogP contribution in [0.3, 0.4) is 0 Å². The van der Waals surface area contributed by atoms with Crippen molar-refractivity contribution in [1.82, 2.24) is 14.9 Å². The van der Waals surface area contributed by atoms with E-state index in [0.717, 1.165) is 25.9 Å². The Kier molecular flexibility index (Phi) is 5.22. The summed E-state index contributed by atoms with van der Waals surface area (Å²) < 4.78 is 19.2. The molecule has 23 heavy (non-hydrogen) atoms. The zero-order valence-electron chi connectivity index (χ0n) is 13.1. The maximum Gasteiger partial charge on any atom is 0.224 e. The van der Waals surface area contributed by atoms with Gasteiger partial charge in [-0.25, -0.2) is 9.37 Å². The quantitative estimate of drug-likeness (QED) is 0.784. The molecule has 2 aliphatic heterocycles. The van der Waals surface area contributed by atoms with Gasteiger partial charge in [0.15, 0.2) is 11.6 Å². The predicted molar refractivity (Wildman–Crippen MR) is 83.9 cm³/mol. The van der Waals surface area contributed by atoms with Crippen molar-refractivity contribution >= 4 is 17.7 Å². The van der Waals surface area contributed by atoms with Crippen LogP contribution in [0.1, 0.15) is 19.3 Å². The van der Waals surface area contributed by atoms with Gasteiger partial charge < -0.3 is 19.9 Å². The molecule has 2 saturated heterocycles. The van der Waals surface area contributed by atoms with Gasteiger partial charge in [-0.05, 0) is 12.8 Å². The Morgan fingerprint density at radius 2 is 2.13 bits per heavy atom. The molecule has 1 aromatic rings. The minimum Gasteiger partial charge on any atom is -0.378 e. The molecule has 0 saturated carbocycles. The number of nitrogens with one attached hydrogen (secondary N) is 1. The van der Waals surface area contributed by atoms with Gasteiger partial charge in [-0.15, -0.1) is 0 Å². The first-order valence-electron chi connectivity index (χ1n) is 8.11. The lowest BCUT2D eigenvalue weighted by molar-refractivity contribution is -0.127. The van der Waals surface area contributed by atoms with Gasteiger partial charge in [-0.3, -0.25) is 4.79 Å². The first-order valence-corrected chi connectivity index (χ1v) is 8.11. The largest absolute Gasteiger partial charge is 0.378 e. The van der Waals surface area contributed by atoms with E-state index in [2.05, 4.69) is 15.3 Å². The highest BCUT2D eigenvalue weighted by Gasteiger charge is 2.19. The second-order valence-electron chi connectivity index (χ2n) is 5.73. The van der Waals surface area contributed by atoms with Crippen LogP contribution >= 0.6 is 0 Å². The average molecular weight is 323 g/mol. The number of halogens is 1. The van der Waals surface area contributed by atoms with Gasteiger partial charge in [0.2, 0.25) is 11.9 Å². The van der Waals surface area contributed by atoms with Crippen molar-refractivity contribution in [2.24, 2.45) is 0 Å². The molecule has 2 aliphatic rings. The third-order valence-corrected chi connectivity index (χ3v) is 4.10. The Morgan fingerprint density at radius 1 is 1.30 bits per heavy atom. The third-order valence-electron chi connectivity index (χ3n) is 4.10. The number of morpholine rings is 1. The molecule has 1 amide bonds. The maximum atomic E-state index is 13.9. The van der Waals surface area contributed by atoms with E-state index in [9.17, 15) is 9.18 Å². The smallest absolute Gasteiger partial charge is 0.224 e. The third kappa shape index (κ3) is 4.07. The highest BCUT2D eigenvalue weighted by Crippen LogP contribution is 2.18. The number of ether oxygens (including phenoxy) is 1. The number of hydrogen-bond acceptors (Lipinski definition) is 6. The normalized spacial score (nSPS) is 18.6. The van der Waals surface area contributed by atoms with Crippen LogP contribution in [-0.4, -0.2) is 66.7 Å². The number of hydrogen-bond donors (Lipinski definition) is 1. The SMILES string of the molecule is O=C1CCCN1CCCNc1ncc(F)c(N2CCOCC2)n1. The summed E-state index contributed by atoms with van der Waals surface area (Å²) in [5, 5.41) is 3.11. The Balaban J connectivity index is 1.50. The summed E-state index contributed by atoms with van der Waals surface area (Å²) in [5.74, 6) is 0.555. The predicted octanol–water partition coefficient (Wildman–Crippen LogP) is 0.877. The van der Waals surface area contributed by atoms with Crippen LogP contribution in [0.25, 0.3) is 0 Å². The Bertz CT molecular complexity index is 551. The van der Waals surface area contributed by atoms with Crippen molar-refractivity contribution in [3.8, 4) is 0 Å². The van der Waals surface area contributed by atoms with Gasteiger partial charge in [0.05, 0.1) is 19.4 Å². The van der Waals surface area contributed by atoms with Crippen molar-refractivity contribution in [2.45, 2.75) is 19.3 Å². The number of amides is 1. The van der Waals surface area contributed by atoms with E-state index in [-0.39, 0.29) is 5.91 Å². The van der Waals surface area contributed by atoms with E-state index in [1.54, 1.807) is 0 Å². The molecule has 0 spiro atoms. The first-order chi connectivity index (χ1) is 11.2. The molecule has 2 fully saturated rings. The summed E-state index contributed by atoms with van der Waals surface area (Å²) >= 11 is 0. The fourth-order valence-corrected chi connectivity index (χ4v) is 2.85. The maximum absolute atomic E-state index is 13.9. The summed E-state index contributed by atoms with van der Waals surface area (Å²) in [5.41, 5.74) is 0. The van der Waals surface area contributed by atoms with Crippen LogP contribution in [-0.2, 0) is 9.53 Å². The fourth-order valence-electron chi connectivity index (χ4n) is 2.85. The molecule has 0 atom stereocenters. The molecule has 0 bridgehead atoms. The number of carbonyl (C=O) groups excluding carboxylic acids is 1. The molecular weight excluding hydrogens is 301 g/mol. The number of carbonyl (C=O) groups is 1. The molecule has 7 nitrogen and oxygen atoms in total. The van der Waals surface area contributed by atoms with Crippen LogP contribution < -0.4 is 10.2 Å². The van der Waals surface area contributed by atoms with Crippen LogP contribution in [0.5, 0.6) is 0 Å². The second-order valence-corrected chi connectivity index (χ2v) is 5.73. The standard InChI is InChI=1S/C15H22FN5O2/c16-12-11-18-15(19-14(12)21-7-9-23-10-8-21)17-4-2-6-20-5-1-3-13(20)22/h11H,1-10H2,(H,17,18,19). The fraction of sp³-hybridized carbons (Fsp3) is 0.667. The highest BCUT2D eigenvalue weighted by atomic mass is 19.1. The summed E-state index contributed by atoms with van der Waals surface area (Å²) in [7, 11) is 0. The average Bonchev–Trinajstić information content (AvgIpc) is 2.99. The van der Waals surface area contributed by atoms with E-state index >= 15 is 0 Å². The first kappa shape index (κ1) is 15.9. The summed E-state index contributed by atoms with van der Waals surface area (Å²) in [6.07, 6.45) is 3.64. The number of anilines is 2. The Morgan fingerprint density at radius 3 is 2.87 bits per heavy atom. The van der Waals surface area contributed by atoms with Gasteiger partial charge >= 0.3 is 0 Å². The molecule has 1 aromatic heterocycles. The van der Waals surface area contributed by atoms with Crippen LogP contribution in [0.2, 0.25) is 0 Å². The molecule has 0 aliphatic carbocycles. The number of likely N-dealkylation sites (tertiary alicyclic amines) is 1. The molecule has 0 aromatic carbocycles. The van der Waals surface area contributed by atoms with Crippen molar-refractivity contribution < 1.29 is 13.9 Å². The molecule has 3 rings (SSSR count). The molecule has 3 heterocycles. The highest BCUT2D eigenvalue weighted by molar-refractivity contribution is 5.78. The Labute approximate surface area is 134 Å². The van der Waals surface area contributed by atoms with Crippen LogP contribution in [0.4, 0.5) is 16.2 Å². The summed E-state index contributed by atoms with van der Waals surface area (Å²) in [6.45, 7) is 4.66. The van der Waals surface area contributed by atoms with E-state index in [4.69, 9.17) is 4.74 Å². The molecule has 126 valence electrons. The summed E-state index contributed by atoms with van der Waals surface area (Å²) in [4.78, 5) is 23.5. The topological polar surface area (TPSA) is 70.6 Å². The monoisotopic (exact) mass is 323 g/mol. The van der Waals surface area contributed by atoms with Crippen LogP contribution in [0, 0.1) is 5.82 Å². The molecule has 1 N–H and O–H groups in total. The lowest BCUT2D eigenvalue weighted by atomic mass is 10.4. The van der Waals surface area contributed by atoms with Gasteiger partial charge in [-0.2, -0.15) is 4.98 Å². The molecule has 0 radical (unpaired) electrons. The minimum absolute atomic E-state index is 0.234. The number of aromatic nitrogens is 2. The van der Waals surface area contributed by atoms with Crippen molar-refractivity contribution in [1.29, 1.82) is 0 Å². The number of nitrogens with zero attached hydrogens (tertiary/aromatic N) is 4. The second kappa shape index (κ2) is 7.54. The van der Waals surface area contributed by atoms with E-state index in [0.29, 0.717) is 51.0 Å². The lowest BCUT2D eigenvalue weighted by Gasteiger charge is -2.28. The lowest BCUT2D eigenvalue weighted by Crippen LogP contribution is -2.37. The van der Waals surface area contributed by atoms with Gasteiger partial charge in [0.25, 0.3) is 0 Å². The molecular formula is C15H22FN5O2. The van der Waals surface area contributed by atoms with Gasteiger partial charge in [0, 0.05) is 39.1 Å². The van der Waals surface area contributed by atoms with Crippen LogP contribution in [0.15, 0.2) is 6.20 Å². The van der Waals surface area contributed by atoms with Crippen molar-refractivity contribution in [3.63, 3.8) is 0 Å². The van der Waals surface area contributed by atoms with E-state index in [1.807, 2.05) is 9.80 Å². The Hall–Kier alpha value is -1.96. The summed E-state index contributed by atoms with van der Waals surface area (Å²) in [6, 6.07) is 0. The van der Waals surface area contributed by atoms with E-state index in [1.165, 1.54) is 6.20 Å². The van der Waals surface area contributed by atoms with E-state index < -0.39 is 5.82 Å². The van der Waals surface area contributed by atoms with Crippen molar-refractivity contribution in [3.05, 3.63) is 12.0 Å². The van der Waals surface area contributed by atoms with Gasteiger partial charge in [0.1, 0.15) is 0 Å². The zero-order valence-corrected chi connectivity index (χ0v) is 13.1.